The molecule has 0 atom stereocenters. The lowest BCUT2D eigenvalue weighted by Gasteiger charge is -2.11. The summed E-state index contributed by atoms with van der Waals surface area (Å²) in [7, 11) is 2.04. The van der Waals surface area contributed by atoms with Gasteiger partial charge in [-0.25, -0.2) is 9.97 Å². The van der Waals surface area contributed by atoms with Crippen LogP contribution >= 0.6 is 0 Å². The molecule has 2 aromatic carbocycles. The first-order valence-electron chi connectivity index (χ1n) is 8.80. The number of rotatable bonds is 4. The maximum atomic E-state index is 4.77. The van der Waals surface area contributed by atoms with Crippen LogP contribution in [0.25, 0.3) is 22.3 Å². The minimum absolute atomic E-state index is 0.635. The van der Waals surface area contributed by atoms with Crippen LogP contribution in [-0.2, 0) is 13.6 Å². The van der Waals surface area contributed by atoms with Gasteiger partial charge in [0.05, 0.1) is 35.1 Å². The lowest BCUT2D eigenvalue weighted by molar-refractivity contribution is 0.804. The first-order valence-corrected chi connectivity index (χ1v) is 8.80. The Labute approximate surface area is 146 Å². The van der Waals surface area contributed by atoms with Crippen LogP contribution < -0.4 is 0 Å². The van der Waals surface area contributed by atoms with Crippen molar-refractivity contribution in [1.29, 1.82) is 0 Å². The van der Waals surface area contributed by atoms with Crippen LogP contribution in [0.5, 0.6) is 0 Å². The van der Waals surface area contributed by atoms with E-state index in [9.17, 15) is 0 Å². The predicted octanol–water partition coefficient (Wildman–Crippen LogP) is 4.36. The van der Waals surface area contributed by atoms with Crippen molar-refractivity contribution in [2.45, 2.75) is 25.3 Å². The van der Waals surface area contributed by atoms with Crippen LogP contribution in [-0.4, -0.2) is 19.1 Å². The highest BCUT2D eigenvalue weighted by Crippen LogP contribution is 2.43. The van der Waals surface area contributed by atoms with Gasteiger partial charge in [-0.2, -0.15) is 0 Å². The molecular formula is C21H20N4. The normalized spacial score (nSPS) is 14.3. The lowest BCUT2D eigenvalue weighted by Crippen LogP contribution is -2.02. The summed E-state index contributed by atoms with van der Waals surface area (Å²) in [6.07, 6.45) is 6.39. The molecule has 1 saturated carbocycles. The Bertz CT molecular complexity index is 1040. The second kappa shape index (κ2) is 5.59. The van der Waals surface area contributed by atoms with Crippen LogP contribution in [0.1, 0.15) is 30.0 Å². The van der Waals surface area contributed by atoms with Crippen LogP contribution in [0.4, 0.5) is 0 Å². The highest BCUT2D eigenvalue weighted by molar-refractivity contribution is 5.76. The zero-order valence-corrected chi connectivity index (χ0v) is 14.3. The van der Waals surface area contributed by atoms with Crippen LogP contribution in [0, 0.1) is 0 Å². The molecule has 0 unspecified atom stereocenters. The van der Waals surface area contributed by atoms with Crippen molar-refractivity contribution < 1.29 is 0 Å². The minimum atomic E-state index is 0.635. The highest BCUT2D eigenvalue weighted by Gasteiger charge is 2.30. The molecule has 0 aliphatic heterocycles. The molecule has 4 heteroatoms. The molecule has 124 valence electrons. The quantitative estimate of drug-likeness (QED) is 0.558. The van der Waals surface area contributed by atoms with Crippen molar-refractivity contribution in [3.63, 3.8) is 0 Å². The summed E-state index contributed by atoms with van der Waals surface area (Å²) in [5.74, 6) is 0.635. The fourth-order valence-corrected chi connectivity index (χ4v) is 3.55. The van der Waals surface area contributed by atoms with Gasteiger partial charge in [-0.15, -0.1) is 0 Å². The molecule has 1 fully saturated rings. The molecule has 0 N–H and O–H groups in total. The van der Waals surface area contributed by atoms with Crippen molar-refractivity contribution in [2.24, 2.45) is 7.05 Å². The topological polar surface area (TPSA) is 35.6 Å². The molecule has 0 bridgehead atoms. The number of nitrogens with zero attached hydrogens (tertiary/aromatic N) is 4. The monoisotopic (exact) mass is 328 g/mol. The molecule has 5 rings (SSSR count). The Morgan fingerprint density at radius 3 is 2.64 bits per heavy atom. The second-order valence-electron chi connectivity index (χ2n) is 6.93. The molecule has 0 saturated heterocycles. The number of hydrogen-bond acceptors (Lipinski definition) is 2. The van der Waals surface area contributed by atoms with Crippen molar-refractivity contribution in [3.05, 3.63) is 72.4 Å². The van der Waals surface area contributed by atoms with Crippen molar-refractivity contribution >= 4 is 11.0 Å². The summed E-state index contributed by atoms with van der Waals surface area (Å²) < 4.78 is 4.36. The molecule has 25 heavy (non-hydrogen) atoms. The number of hydrogen-bond donors (Lipinski definition) is 0. The third kappa shape index (κ3) is 2.54. The third-order valence-electron chi connectivity index (χ3n) is 5.02. The summed E-state index contributed by atoms with van der Waals surface area (Å²) in [6.45, 7) is 0.824. The van der Waals surface area contributed by atoms with Gasteiger partial charge in [-0.1, -0.05) is 36.4 Å². The predicted molar refractivity (Wildman–Crippen MR) is 99.5 cm³/mol. The third-order valence-corrected chi connectivity index (χ3v) is 5.02. The fourth-order valence-electron chi connectivity index (χ4n) is 3.55. The minimum Gasteiger partial charge on any atom is -0.334 e. The zero-order chi connectivity index (χ0) is 16.8. The van der Waals surface area contributed by atoms with Crippen molar-refractivity contribution in [3.8, 4) is 11.3 Å². The molecule has 4 nitrogen and oxygen atoms in total. The fraction of sp³-hybridized carbons (Fsp3) is 0.238. The Hall–Kier alpha value is -2.88. The summed E-state index contributed by atoms with van der Waals surface area (Å²) in [4.78, 5) is 9.18. The molecule has 1 aliphatic rings. The molecule has 4 aromatic rings. The van der Waals surface area contributed by atoms with Gasteiger partial charge in [-0.3, -0.25) is 0 Å². The summed E-state index contributed by atoms with van der Waals surface area (Å²) in [6, 6.07) is 17.1. The van der Waals surface area contributed by atoms with E-state index in [1.165, 1.54) is 40.9 Å². The Kier molecular flexibility index (Phi) is 3.23. The van der Waals surface area contributed by atoms with Crippen LogP contribution in [0.2, 0.25) is 0 Å². The average Bonchev–Trinajstić information content (AvgIpc) is 3.32. The molecular weight excluding hydrogens is 308 g/mol. The Morgan fingerprint density at radius 2 is 1.84 bits per heavy atom. The van der Waals surface area contributed by atoms with Crippen LogP contribution in [0.15, 0.2) is 61.2 Å². The van der Waals surface area contributed by atoms with E-state index in [2.05, 4.69) is 62.6 Å². The first-order chi connectivity index (χ1) is 12.3. The number of aryl methyl sites for hydroxylation is 1. The standard InChI is InChI=1S/C21H20N4/c1-24-13-22-18-10-7-15(11-19(18)24)12-25-14-23-20(16-8-9-16)21(25)17-5-3-2-4-6-17/h2-7,10-11,13-14,16H,8-9,12H2,1H3. The van der Waals surface area contributed by atoms with Gasteiger partial charge in [0.15, 0.2) is 0 Å². The van der Waals surface area contributed by atoms with Gasteiger partial charge < -0.3 is 9.13 Å². The molecule has 1 aliphatic carbocycles. The van der Waals surface area contributed by atoms with E-state index in [1.807, 2.05) is 19.7 Å². The summed E-state index contributed by atoms with van der Waals surface area (Å²) in [5.41, 5.74) is 7.26. The Balaban J connectivity index is 1.58. The van der Waals surface area contributed by atoms with E-state index >= 15 is 0 Å². The van der Waals surface area contributed by atoms with Gasteiger partial charge in [0, 0.05) is 25.1 Å². The van der Waals surface area contributed by atoms with Crippen molar-refractivity contribution in [2.75, 3.05) is 0 Å². The molecule has 0 radical (unpaired) electrons. The Morgan fingerprint density at radius 1 is 1.00 bits per heavy atom. The summed E-state index contributed by atoms with van der Waals surface area (Å²) in [5, 5.41) is 0. The molecule has 2 aromatic heterocycles. The first kappa shape index (κ1) is 14.5. The average molecular weight is 328 g/mol. The van der Waals surface area contributed by atoms with Gasteiger partial charge in [0.1, 0.15) is 0 Å². The maximum absolute atomic E-state index is 4.77. The maximum Gasteiger partial charge on any atom is 0.0957 e. The van der Waals surface area contributed by atoms with E-state index in [0.717, 1.165) is 12.1 Å². The van der Waals surface area contributed by atoms with E-state index in [4.69, 9.17) is 4.98 Å². The highest BCUT2D eigenvalue weighted by atomic mass is 15.1. The van der Waals surface area contributed by atoms with Gasteiger partial charge >= 0.3 is 0 Å². The van der Waals surface area contributed by atoms with Gasteiger partial charge in [0.2, 0.25) is 0 Å². The largest absolute Gasteiger partial charge is 0.334 e. The number of aromatic nitrogens is 4. The van der Waals surface area contributed by atoms with Crippen molar-refractivity contribution in [1.82, 2.24) is 19.1 Å². The number of imidazole rings is 2. The molecule has 2 heterocycles. The number of fused-ring (bicyclic) bond motifs is 1. The van der Waals surface area contributed by atoms with E-state index in [-0.39, 0.29) is 0 Å². The van der Waals surface area contributed by atoms with E-state index in [1.54, 1.807) is 0 Å². The smallest absolute Gasteiger partial charge is 0.0957 e. The lowest BCUT2D eigenvalue weighted by atomic mass is 10.1. The van der Waals surface area contributed by atoms with Gasteiger partial charge in [-0.05, 0) is 30.5 Å². The SMILES string of the molecule is Cn1cnc2ccc(Cn3cnc(C4CC4)c3-c3ccccc3)cc21. The number of benzene rings is 2. The molecule has 0 amide bonds. The van der Waals surface area contributed by atoms with E-state index < -0.39 is 0 Å². The molecule has 0 spiro atoms. The van der Waals surface area contributed by atoms with Gasteiger partial charge in [0.25, 0.3) is 0 Å². The summed E-state index contributed by atoms with van der Waals surface area (Å²) >= 11 is 0. The van der Waals surface area contributed by atoms with Crippen LogP contribution in [0.3, 0.4) is 0 Å². The second-order valence-corrected chi connectivity index (χ2v) is 6.93. The zero-order valence-electron chi connectivity index (χ0n) is 14.3. The van der Waals surface area contributed by atoms with E-state index in [0.29, 0.717) is 5.92 Å².